The van der Waals surface area contributed by atoms with Crippen LogP contribution >= 0.6 is 0 Å². The summed E-state index contributed by atoms with van der Waals surface area (Å²) >= 11 is 0. The molecule has 0 saturated carbocycles. The van der Waals surface area contributed by atoms with Crippen LogP contribution in [0.3, 0.4) is 0 Å². The number of aryl methyl sites for hydroxylation is 1. The van der Waals surface area contributed by atoms with Gasteiger partial charge >= 0.3 is 0 Å². The van der Waals surface area contributed by atoms with Gasteiger partial charge in [0.25, 0.3) is 0 Å². The maximum Gasteiger partial charge on any atom is 0.247 e. The minimum atomic E-state index is -0.417. The molecule has 2 aliphatic rings. The van der Waals surface area contributed by atoms with E-state index in [9.17, 15) is 9.59 Å². The van der Waals surface area contributed by atoms with E-state index in [4.69, 9.17) is 0 Å². The van der Waals surface area contributed by atoms with Gasteiger partial charge in [-0.2, -0.15) is 0 Å². The number of hydrogen-bond donors (Lipinski definition) is 0. The summed E-state index contributed by atoms with van der Waals surface area (Å²) < 4.78 is 0. The number of likely N-dealkylation sites (N-methyl/N-ethyl adjacent to an activating group) is 1. The zero-order valence-electron chi connectivity index (χ0n) is 12.3. The Kier molecular flexibility index (Phi) is 3.48. The van der Waals surface area contributed by atoms with Crippen molar-refractivity contribution in [2.24, 2.45) is 0 Å². The standard InChI is InChI=1S/C14H19N5O2/c1-3-10-6-15-14(16-7-10)18-4-5-19-11(8-18)13(21)17(2)9-12(19)20/h6-7,11H,3-5,8-9H2,1-2H3. The second-order valence-electron chi connectivity index (χ2n) is 5.49. The van der Waals surface area contributed by atoms with Crippen molar-refractivity contribution in [1.29, 1.82) is 0 Å². The predicted molar refractivity (Wildman–Crippen MR) is 76.8 cm³/mol. The van der Waals surface area contributed by atoms with Crippen LogP contribution in [-0.2, 0) is 16.0 Å². The van der Waals surface area contributed by atoms with Crippen LogP contribution in [0.1, 0.15) is 12.5 Å². The van der Waals surface area contributed by atoms with Crippen LogP contribution in [0, 0.1) is 0 Å². The fraction of sp³-hybridized carbons (Fsp3) is 0.571. The molecule has 1 aromatic rings. The molecular weight excluding hydrogens is 270 g/mol. The fourth-order valence-corrected chi connectivity index (χ4v) is 2.79. The number of nitrogens with zero attached hydrogens (tertiary/aromatic N) is 5. The van der Waals surface area contributed by atoms with Gasteiger partial charge < -0.3 is 14.7 Å². The fourth-order valence-electron chi connectivity index (χ4n) is 2.79. The summed E-state index contributed by atoms with van der Waals surface area (Å²) in [5.41, 5.74) is 1.08. The predicted octanol–water partition coefficient (Wildman–Crippen LogP) is -0.472. The van der Waals surface area contributed by atoms with Crippen LogP contribution < -0.4 is 4.90 Å². The van der Waals surface area contributed by atoms with Crippen molar-refractivity contribution >= 4 is 17.8 Å². The molecule has 1 aromatic heterocycles. The molecule has 2 amide bonds. The Morgan fingerprint density at radius 3 is 2.62 bits per heavy atom. The minimum Gasteiger partial charge on any atom is -0.336 e. The second kappa shape index (κ2) is 5.31. The third-order valence-electron chi connectivity index (χ3n) is 4.12. The van der Waals surface area contributed by atoms with Gasteiger partial charge in [-0.25, -0.2) is 9.97 Å². The molecule has 112 valence electrons. The SMILES string of the molecule is CCc1cnc(N2CCN3C(=O)CN(C)C(=O)C3C2)nc1. The smallest absolute Gasteiger partial charge is 0.247 e. The number of hydrogen-bond acceptors (Lipinski definition) is 5. The topological polar surface area (TPSA) is 69.6 Å². The van der Waals surface area contributed by atoms with Gasteiger partial charge in [-0.3, -0.25) is 9.59 Å². The summed E-state index contributed by atoms with van der Waals surface area (Å²) in [6, 6.07) is -0.417. The molecule has 3 rings (SSSR count). The lowest BCUT2D eigenvalue weighted by Gasteiger charge is -2.45. The molecule has 2 aliphatic heterocycles. The highest BCUT2D eigenvalue weighted by molar-refractivity contribution is 5.95. The van der Waals surface area contributed by atoms with Gasteiger partial charge in [0.2, 0.25) is 17.8 Å². The molecule has 0 bridgehead atoms. The van der Waals surface area contributed by atoms with Gasteiger partial charge in [0.1, 0.15) is 6.04 Å². The molecular formula is C14H19N5O2. The minimum absolute atomic E-state index is 0.00974. The van der Waals surface area contributed by atoms with E-state index in [-0.39, 0.29) is 18.4 Å². The van der Waals surface area contributed by atoms with E-state index < -0.39 is 6.04 Å². The maximum absolute atomic E-state index is 12.2. The Labute approximate surface area is 123 Å². The van der Waals surface area contributed by atoms with E-state index in [1.165, 1.54) is 4.90 Å². The number of carbonyl (C=O) groups excluding carboxylic acids is 2. The highest BCUT2D eigenvalue weighted by atomic mass is 16.2. The molecule has 1 unspecified atom stereocenters. The number of carbonyl (C=O) groups is 2. The van der Waals surface area contributed by atoms with Crippen LogP contribution in [0.15, 0.2) is 12.4 Å². The van der Waals surface area contributed by atoms with E-state index in [2.05, 4.69) is 16.9 Å². The summed E-state index contributed by atoms with van der Waals surface area (Å²) in [6.45, 7) is 3.89. The van der Waals surface area contributed by atoms with Gasteiger partial charge in [-0.05, 0) is 12.0 Å². The summed E-state index contributed by atoms with van der Waals surface area (Å²) in [4.78, 5) is 38.1. The quantitative estimate of drug-likeness (QED) is 0.736. The number of aromatic nitrogens is 2. The van der Waals surface area contributed by atoms with Crippen LogP contribution in [0.2, 0.25) is 0 Å². The van der Waals surface area contributed by atoms with E-state index in [1.807, 2.05) is 17.3 Å². The molecule has 0 spiro atoms. The van der Waals surface area contributed by atoms with Crippen molar-refractivity contribution in [3.8, 4) is 0 Å². The van der Waals surface area contributed by atoms with Gasteiger partial charge in [0, 0.05) is 32.5 Å². The van der Waals surface area contributed by atoms with E-state index in [1.54, 1.807) is 11.9 Å². The van der Waals surface area contributed by atoms with Crippen LogP contribution in [0.4, 0.5) is 5.95 Å². The molecule has 1 atom stereocenters. The molecule has 7 nitrogen and oxygen atoms in total. The second-order valence-corrected chi connectivity index (χ2v) is 5.49. The average Bonchev–Trinajstić information content (AvgIpc) is 2.52. The van der Waals surface area contributed by atoms with Crippen molar-refractivity contribution in [2.75, 3.05) is 38.1 Å². The molecule has 3 heterocycles. The molecule has 0 aliphatic carbocycles. The Hall–Kier alpha value is -2.18. The molecule has 0 N–H and O–H groups in total. The lowest BCUT2D eigenvalue weighted by Crippen LogP contribution is -2.66. The Balaban J connectivity index is 1.78. The van der Waals surface area contributed by atoms with Crippen LogP contribution in [0.25, 0.3) is 0 Å². The van der Waals surface area contributed by atoms with Gasteiger partial charge in [0.05, 0.1) is 13.1 Å². The summed E-state index contributed by atoms with van der Waals surface area (Å²) in [5.74, 6) is 0.633. The monoisotopic (exact) mass is 289 g/mol. The first kappa shape index (κ1) is 13.8. The van der Waals surface area contributed by atoms with Gasteiger partial charge in [-0.1, -0.05) is 6.92 Å². The third kappa shape index (κ3) is 2.43. The third-order valence-corrected chi connectivity index (χ3v) is 4.12. The number of rotatable bonds is 2. The maximum atomic E-state index is 12.2. The summed E-state index contributed by atoms with van der Waals surface area (Å²) in [6.07, 6.45) is 4.53. The lowest BCUT2D eigenvalue weighted by atomic mass is 10.1. The Morgan fingerprint density at radius 2 is 1.95 bits per heavy atom. The molecule has 0 aromatic carbocycles. The van der Waals surface area contributed by atoms with Crippen LogP contribution in [0.5, 0.6) is 0 Å². The largest absolute Gasteiger partial charge is 0.336 e. The van der Waals surface area contributed by atoms with Crippen molar-refractivity contribution in [3.05, 3.63) is 18.0 Å². The summed E-state index contributed by atoms with van der Waals surface area (Å²) in [7, 11) is 1.67. The number of amides is 2. The van der Waals surface area contributed by atoms with Crippen molar-refractivity contribution in [3.63, 3.8) is 0 Å². The van der Waals surface area contributed by atoms with Crippen molar-refractivity contribution in [2.45, 2.75) is 19.4 Å². The van der Waals surface area contributed by atoms with E-state index in [0.29, 0.717) is 25.6 Å². The first-order chi connectivity index (χ1) is 10.1. The van der Waals surface area contributed by atoms with Gasteiger partial charge in [-0.15, -0.1) is 0 Å². The Morgan fingerprint density at radius 1 is 1.24 bits per heavy atom. The Bertz CT molecular complexity index is 559. The highest BCUT2D eigenvalue weighted by Crippen LogP contribution is 2.20. The van der Waals surface area contributed by atoms with Gasteiger partial charge in [0.15, 0.2) is 0 Å². The number of fused-ring (bicyclic) bond motifs is 1. The van der Waals surface area contributed by atoms with Crippen molar-refractivity contribution in [1.82, 2.24) is 19.8 Å². The van der Waals surface area contributed by atoms with E-state index >= 15 is 0 Å². The molecule has 21 heavy (non-hydrogen) atoms. The first-order valence-electron chi connectivity index (χ1n) is 7.20. The number of anilines is 1. The zero-order chi connectivity index (χ0) is 15.0. The average molecular weight is 289 g/mol. The molecule has 7 heteroatoms. The van der Waals surface area contributed by atoms with E-state index in [0.717, 1.165) is 12.0 Å². The normalized spacial score (nSPS) is 22.6. The lowest BCUT2D eigenvalue weighted by molar-refractivity contribution is -0.154. The van der Waals surface area contributed by atoms with Crippen LogP contribution in [-0.4, -0.2) is 70.9 Å². The number of piperazine rings is 2. The zero-order valence-corrected chi connectivity index (χ0v) is 12.3. The molecule has 2 saturated heterocycles. The summed E-state index contributed by atoms with van der Waals surface area (Å²) in [5, 5.41) is 0. The molecule has 2 fully saturated rings. The van der Waals surface area contributed by atoms with Crippen molar-refractivity contribution < 1.29 is 9.59 Å². The first-order valence-corrected chi connectivity index (χ1v) is 7.20. The molecule has 0 radical (unpaired) electrons. The highest BCUT2D eigenvalue weighted by Gasteiger charge is 2.41.